The molecule has 2 aliphatic heterocycles. The smallest absolute Gasteiger partial charge is 0.302 e. The highest BCUT2D eigenvalue weighted by Gasteiger charge is 2.73. The minimum absolute atomic E-state index is 0.0736. The maximum atomic E-state index is 11.6. The molecule has 2 bridgehead atoms. The molecule has 0 N–H and O–H groups in total. The Bertz CT molecular complexity index is 763. The molecule has 5 heteroatoms. The Morgan fingerprint density at radius 3 is 2.66 bits per heavy atom. The molecule has 0 unspecified atom stereocenters. The monoisotopic (exact) mass is 402 g/mol. The molecule has 6 aliphatic rings. The van der Waals surface area contributed by atoms with Crippen molar-refractivity contribution in [3.05, 3.63) is 11.6 Å². The normalized spacial score (nSPS) is 51.3. The van der Waals surface area contributed by atoms with E-state index < -0.39 is 5.60 Å². The number of rotatable bonds is 3. The Balaban J connectivity index is 1.52. The highest BCUT2D eigenvalue weighted by atomic mass is 17.2. The first-order valence-electron chi connectivity index (χ1n) is 11.4. The van der Waals surface area contributed by atoms with Crippen molar-refractivity contribution < 1.29 is 24.1 Å². The summed E-state index contributed by atoms with van der Waals surface area (Å²) in [6.07, 6.45) is 11.1. The Labute approximate surface area is 173 Å². The fourth-order valence-corrected chi connectivity index (χ4v) is 8.29. The number of allylic oxidation sites excluding steroid dienone is 1. The van der Waals surface area contributed by atoms with Gasteiger partial charge in [0, 0.05) is 30.6 Å². The molecule has 5 fully saturated rings. The Kier molecular flexibility index (Phi) is 4.20. The Morgan fingerprint density at radius 1 is 1.21 bits per heavy atom. The van der Waals surface area contributed by atoms with Gasteiger partial charge in [0.2, 0.25) is 0 Å². The molecule has 0 aromatic rings. The highest BCUT2D eigenvalue weighted by Crippen LogP contribution is 2.73. The molecule has 2 spiro atoms. The molecule has 2 saturated heterocycles. The van der Waals surface area contributed by atoms with Gasteiger partial charge in [-0.05, 0) is 61.9 Å². The maximum absolute atomic E-state index is 11.6. The summed E-state index contributed by atoms with van der Waals surface area (Å²) >= 11 is 0. The number of aldehydes is 1. The van der Waals surface area contributed by atoms with Crippen molar-refractivity contribution in [1.29, 1.82) is 0 Å². The van der Waals surface area contributed by atoms with Gasteiger partial charge in [-0.3, -0.25) is 4.79 Å². The first-order chi connectivity index (χ1) is 13.7. The summed E-state index contributed by atoms with van der Waals surface area (Å²) in [5, 5.41) is 0. The molecule has 29 heavy (non-hydrogen) atoms. The van der Waals surface area contributed by atoms with Crippen molar-refractivity contribution in [1.82, 2.24) is 0 Å². The first-order valence-corrected chi connectivity index (χ1v) is 11.4. The van der Waals surface area contributed by atoms with Crippen molar-refractivity contribution in [2.75, 3.05) is 0 Å². The third-order valence-electron chi connectivity index (χ3n) is 9.73. The maximum Gasteiger partial charge on any atom is 0.302 e. The van der Waals surface area contributed by atoms with Gasteiger partial charge in [-0.2, -0.15) is 0 Å². The summed E-state index contributed by atoms with van der Waals surface area (Å²) in [5.41, 5.74) is 0.687. The SMILES string of the molecule is CC(=O)O[C@@H]1CC[C@]2(C)C3=CC[C@]4(C)[C@H]([C@H](C)C=O)CC[C@@H]4[C@@]34CC[C@@]2(C1)OO4. The minimum Gasteiger partial charge on any atom is -0.462 e. The van der Waals surface area contributed by atoms with Gasteiger partial charge in [-0.1, -0.05) is 26.8 Å². The molecule has 5 nitrogen and oxygen atoms in total. The third-order valence-corrected chi connectivity index (χ3v) is 9.73. The van der Waals surface area contributed by atoms with Crippen LogP contribution in [0.3, 0.4) is 0 Å². The second-order valence-corrected chi connectivity index (χ2v) is 10.9. The summed E-state index contributed by atoms with van der Waals surface area (Å²) in [7, 11) is 0. The molecule has 0 radical (unpaired) electrons. The zero-order chi connectivity index (χ0) is 20.7. The van der Waals surface area contributed by atoms with E-state index in [1.165, 1.54) is 12.5 Å². The fraction of sp³-hybridized carbons (Fsp3) is 0.833. The number of ether oxygens (including phenoxy) is 1. The lowest BCUT2D eigenvalue weighted by atomic mass is 9.44. The van der Waals surface area contributed by atoms with Gasteiger partial charge in [-0.15, -0.1) is 0 Å². The lowest BCUT2D eigenvalue weighted by Gasteiger charge is -2.69. The van der Waals surface area contributed by atoms with E-state index in [4.69, 9.17) is 14.5 Å². The van der Waals surface area contributed by atoms with Gasteiger partial charge >= 0.3 is 5.97 Å². The van der Waals surface area contributed by atoms with Crippen molar-refractivity contribution in [3.8, 4) is 0 Å². The number of carbonyl (C=O) groups excluding carboxylic acids is 2. The quantitative estimate of drug-likeness (QED) is 0.300. The summed E-state index contributed by atoms with van der Waals surface area (Å²) in [4.78, 5) is 35.8. The molecular weight excluding hydrogens is 368 g/mol. The van der Waals surface area contributed by atoms with Crippen molar-refractivity contribution in [2.45, 2.75) is 96.4 Å². The number of carbonyl (C=O) groups is 2. The Morgan fingerprint density at radius 2 is 2.00 bits per heavy atom. The highest BCUT2D eigenvalue weighted by molar-refractivity contribution is 5.66. The first kappa shape index (κ1) is 19.7. The predicted molar refractivity (Wildman–Crippen MR) is 107 cm³/mol. The molecule has 6 rings (SSSR count). The van der Waals surface area contributed by atoms with E-state index in [1.807, 2.05) is 0 Å². The Hall–Kier alpha value is -1.20. The number of esters is 1. The summed E-state index contributed by atoms with van der Waals surface area (Å²) < 4.78 is 5.57. The molecule has 0 aromatic carbocycles. The molecule has 2 heterocycles. The van der Waals surface area contributed by atoms with Crippen LogP contribution in [0.15, 0.2) is 11.6 Å². The van der Waals surface area contributed by atoms with Crippen molar-refractivity contribution in [3.63, 3.8) is 0 Å². The zero-order valence-electron chi connectivity index (χ0n) is 18.2. The van der Waals surface area contributed by atoms with Crippen LogP contribution < -0.4 is 0 Å². The van der Waals surface area contributed by atoms with E-state index >= 15 is 0 Å². The predicted octanol–water partition coefficient (Wildman–Crippen LogP) is 4.54. The largest absolute Gasteiger partial charge is 0.462 e. The minimum atomic E-state index is -0.402. The average molecular weight is 403 g/mol. The van der Waals surface area contributed by atoms with Crippen LogP contribution in [0.25, 0.3) is 0 Å². The van der Waals surface area contributed by atoms with Gasteiger partial charge in [0.1, 0.15) is 23.6 Å². The molecule has 160 valence electrons. The molecule has 3 saturated carbocycles. The number of hydrogen-bond acceptors (Lipinski definition) is 5. The molecule has 8 atom stereocenters. The third kappa shape index (κ3) is 2.35. The van der Waals surface area contributed by atoms with Gasteiger partial charge in [0.05, 0.1) is 0 Å². The van der Waals surface area contributed by atoms with Gasteiger partial charge in [0.25, 0.3) is 0 Å². The van der Waals surface area contributed by atoms with Crippen molar-refractivity contribution in [2.24, 2.45) is 28.6 Å². The van der Waals surface area contributed by atoms with E-state index in [2.05, 4.69) is 26.8 Å². The van der Waals surface area contributed by atoms with Crippen LogP contribution in [0, 0.1) is 28.6 Å². The van der Waals surface area contributed by atoms with Crippen LogP contribution in [-0.4, -0.2) is 29.6 Å². The standard InChI is InChI=1S/C24H34O5/c1-15(14-25)18-5-6-19-21(18,3)9-8-20-22(4)10-7-17(27-16(2)26)13-23(22)11-12-24(19,20)29-28-23/h8,14-15,17-19H,5-7,9-13H2,1-4H3/t15-,17-,18+,19+,21-,22-,23+,24+/m1/s1. The van der Waals surface area contributed by atoms with Crippen LogP contribution in [0.1, 0.15) is 79.1 Å². The van der Waals surface area contributed by atoms with Crippen LogP contribution >= 0.6 is 0 Å². The van der Waals surface area contributed by atoms with Crippen LogP contribution in [0.2, 0.25) is 0 Å². The van der Waals surface area contributed by atoms with E-state index in [9.17, 15) is 9.59 Å². The van der Waals surface area contributed by atoms with E-state index in [0.717, 1.165) is 51.2 Å². The van der Waals surface area contributed by atoms with Crippen LogP contribution in [0.5, 0.6) is 0 Å². The topological polar surface area (TPSA) is 61.8 Å². The lowest BCUT2D eigenvalue weighted by molar-refractivity contribution is -0.494. The van der Waals surface area contributed by atoms with E-state index in [1.54, 1.807) is 0 Å². The molecule has 0 aromatic heterocycles. The summed E-state index contributed by atoms with van der Waals surface area (Å²) in [6.45, 7) is 8.28. The second-order valence-electron chi connectivity index (χ2n) is 10.9. The lowest BCUT2D eigenvalue weighted by Crippen LogP contribution is -2.71. The summed E-state index contributed by atoms with van der Waals surface area (Å²) in [5.74, 6) is 0.662. The van der Waals surface area contributed by atoms with Crippen molar-refractivity contribution >= 4 is 12.3 Å². The van der Waals surface area contributed by atoms with Gasteiger partial charge in [-0.25, -0.2) is 9.78 Å². The van der Waals surface area contributed by atoms with E-state index in [0.29, 0.717) is 18.3 Å². The molecule has 4 aliphatic carbocycles. The fourth-order valence-electron chi connectivity index (χ4n) is 8.29. The van der Waals surface area contributed by atoms with Crippen LogP contribution in [-0.2, 0) is 24.1 Å². The number of fused-ring (bicyclic) bond motifs is 3. The molecule has 0 amide bonds. The van der Waals surface area contributed by atoms with E-state index in [-0.39, 0.29) is 34.4 Å². The second kappa shape index (κ2) is 6.16. The van der Waals surface area contributed by atoms with Crippen LogP contribution in [0.4, 0.5) is 0 Å². The number of hydrogen-bond donors (Lipinski definition) is 0. The van der Waals surface area contributed by atoms with Gasteiger partial charge < -0.3 is 9.53 Å². The van der Waals surface area contributed by atoms with Gasteiger partial charge in [0.15, 0.2) is 0 Å². The zero-order valence-corrected chi connectivity index (χ0v) is 18.2. The average Bonchev–Trinajstić information content (AvgIpc) is 3.05. The molecular formula is C24H34O5. The summed E-state index contributed by atoms with van der Waals surface area (Å²) in [6, 6.07) is 0.